The first kappa shape index (κ1) is 35.3. The van der Waals surface area contributed by atoms with Gasteiger partial charge in [0.15, 0.2) is 5.78 Å². The van der Waals surface area contributed by atoms with Gasteiger partial charge in [-0.25, -0.2) is 4.79 Å². The van der Waals surface area contributed by atoms with E-state index in [1.54, 1.807) is 104 Å². The summed E-state index contributed by atoms with van der Waals surface area (Å²) in [4.78, 5) is 64.9. The molecule has 0 spiro atoms. The topological polar surface area (TPSA) is 126 Å². The van der Waals surface area contributed by atoms with E-state index in [1.165, 1.54) is 25.2 Å². The summed E-state index contributed by atoms with van der Waals surface area (Å²) in [5.74, 6) is -1.36. The SMILES string of the molecule is COC(=O)c1ccc(N(C)C(=O)c2ccc(OC(=O)C3CCC(C(=O)Oc4ccc(OC)cc4/C=C/C(=O)c4ccccc4)CC3)cc2)cc1. The van der Waals surface area contributed by atoms with E-state index in [-0.39, 0.29) is 17.6 Å². The van der Waals surface area contributed by atoms with Crippen molar-refractivity contribution in [2.45, 2.75) is 25.7 Å². The smallest absolute Gasteiger partial charge is 0.337 e. The highest BCUT2D eigenvalue weighted by atomic mass is 16.5. The van der Waals surface area contributed by atoms with E-state index in [9.17, 15) is 24.0 Å². The molecule has 1 aliphatic carbocycles. The van der Waals surface area contributed by atoms with Gasteiger partial charge < -0.3 is 23.8 Å². The first-order valence-corrected chi connectivity index (χ1v) is 16.1. The van der Waals surface area contributed by atoms with Crippen molar-refractivity contribution in [2.75, 3.05) is 26.2 Å². The zero-order valence-corrected chi connectivity index (χ0v) is 28.0. The number of ketones is 1. The molecule has 10 heteroatoms. The number of esters is 3. The minimum Gasteiger partial charge on any atom is -0.497 e. The van der Waals surface area contributed by atoms with Crippen LogP contribution in [0.1, 0.15) is 62.3 Å². The van der Waals surface area contributed by atoms with Gasteiger partial charge in [0.25, 0.3) is 5.91 Å². The average molecular weight is 676 g/mol. The molecule has 0 bridgehead atoms. The number of rotatable bonds is 11. The van der Waals surface area contributed by atoms with Crippen molar-refractivity contribution in [2.24, 2.45) is 11.8 Å². The molecule has 4 aromatic rings. The van der Waals surface area contributed by atoms with Crippen LogP contribution in [0.15, 0.2) is 103 Å². The largest absolute Gasteiger partial charge is 0.497 e. The number of ether oxygens (including phenoxy) is 4. The van der Waals surface area contributed by atoms with Gasteiger partial charge in [-0.05, 0) is 105 Å². The lowest BCUT2D eigenvalue weighted by Gasteiger charge is -2.26. The molecule has 256 valence electrons. The normalized spacial score (nSPS) is 15.5. The van der Waals surface area contributed by atoms with Gasteiger partial charge in [-0.15, -0.1) is 0 Å². The van der Waals surface area contributed by atoms with Crippen molar-refractivity contribution in [3.8, 4) is 17.2 Å². The predicted octanol–water partition coefficient (Wildman–Crippen LogP) is 6.97. The summed E-state index contributed by atoms with van der Waals surface area (Å²) < 4.78 is 21.4. The van der Waals surface area contributed by atoms with Crippen LogP contribution in [-0.2, 0) is 14.3 Å². The Morgan fingerprint density at radius 2 is 1.24 bits per heavy atom. The van der Waals surface area contributed by atoms with Gasteiger partial charge in [0.05, 0.1) is 31.6 Å². The Morgan fingerprint density at radius 3 is 1.84 bits per heavy atom. The lowest BCUT2D eigenvalue weighted by molar-refractivity contribution is -0.145. The molecule has 1 fully saturated rings. The fraction of sp³-hybridized carbons (Fsp3) is 0.225. The highest BCUT2D eigenvalue weighted by Gasteiger charge is 2.32. The molecule has 1 amide bonds. The van der Waals surface area contributed by atoms with Crippen LogP contribution in [0.25, 0.3) is 6.08 Å². The first-order valence-electron chi connectivity index (χ1n) is 16.1. The molecule has 0 saturated heterocycles. The summed E-state index contributed by atoms with van der Waals surface area (Å²) in [6.07, 6.45) is 4.84. The van der Waals surface area contributed by atoms with E-state index in [0.717, 1.165) is 0 Å². The number of carbonyl (C=O) groups excluding carboxylic acids is 5. The minimum absolute atomic E-state index is 0.186. The molecular formula is C40H37NO9. The number of hydrogen-bond acceptors (Lipinski definition) is 9. The van der Waals surface area contributed by atoms with Crippen molar-refractivity contribution in [1.29, 1.82) is 0 Å². The van der Waals surface area contributed by atoms with Gasteiger partial charge in [-0.2, -0.15) is 0 Å². The zero-order chi connectivity index (χ0) is 35.6. The molecule has 4 aromatic carbocycles. The number of anilines is 1. The third-order valence-corrected chi connectivity index (χ3v) is 8.59. The van der Waals surface area contributed by atoms with E-state index in [4.69, 9.17) is 18.9 Å². The summed E-state index contributed by atoms with van der Waals surface area (Å²) in [5.41, 5.74) is 2.42. The first-order chi connectivity index (χ1) is 24.2. The van der Waals surface area contributed by atoms with Gasteiger partial charge in [0.1, 0.15) is 17.2 Å². The maximum atomic E-state index is 13.2. The summed E-state index contributed by atoms with van der Waals surface area (Å²) in [7, 11) is 4.45. The Kier molecular flexibility index (Phi) is 11.6. The van der Waals surface area contributed by atoms with E-state index in [2.05, 4.69) is 0 Å². The molecule has 1 saturated carbocycles. The highest BCUT2D eigenvalue weighted by molar-refractivity contribution is 6.07. The van der Waals surface area contributed by atoms with Crippen LogP contribution in [-0.4, -0.2) is 50.9 Å². The van der Waals surface area contributed by atoms with Crippen molar-refractivity contribution >= 4 is 41.4 Å². The van der Waals surface area contributed by atoms with Crippen LogP contribution < -0.4 is 19.1 Å². The van der Waals surface area contributed by atoms with Crippen LogP contribution in [0, 0.1) is 11.8 Å². The molecule has 5 rings (SSSR count). The second-order valence-corrected chi connectivity index (χ2v) is 11.8. The van der Waals surface area contributed by atoms with E-state index >= 15 is 0 Å². The van der Waals surface area contributed by atoms with Gasteiger partial charge >= 0.3 is 17.9 Å². The Hall–Kier alpha value is -6.03. The summed E-state index contributed by atoms with van der Waals surface area (Å²) in [5, 5.41) is 0. The fourth-order valence-electron chi connectivity index (χ4n) is 5.61. The van der Waals surface area contributed by atoms with Gasteiger partial charge in [0, 0.05) is 29.4 Å². The van der Waals surface area contributed by atoms with Crippen molar-refractivity contribution in [3.63, 3.8) is 0 Å². The molecule has 0 N–H and O–H groups in total. The predicted molar refractivity (Wildman–Crippen MR) is 186 cm³/mol. The van der Waals surface area contributed by atoms with Crippen molar-refractivity contribution in [1.82, 2.24) is 0 Å². The lowest BCUT2D eigenvalue weighted by atomic mass is 9.82. The Morgan fingerprint density at radius 1 is 0.660 bits per heavy atom. The van der Waals surface area contributed by atoms with E-state index in [1.807, 2.05) is 6.07 Å². The van der Waals surface area contributed by atoms with E-state index in [0.29, 0.717) is 70.9 Å². The fourth-order valence-corrected chi connectivity index (χ4v) is 5.61. The Balaban J connectivity index is 1.13. The van der Waals surface area contributed by atoms with Crippen LogP contribution in [0.5, 0.6) is 17.2 Å². The van der Waals surface area contributed by atoms with E-state index < -0.39 is 23.8 Å². The zero-order valence-electron chi connectivity index (χ0n) is 28.0. The molecule has 0 radical (unpaired) electrons. The van der Waals surface area contributed by atoms with Gasteiger partial charge in [-0.1, -0.05) is 30.3 Å². The number of benzene rings is 4. The second-order valence-electron chi connectivity index (χ2n) is 11.8. The third-order valence-electron chi connectivity index (χ3n) is 8.59. The van der Waals surface area contributed by atoms with Crippen LogP contribution in [0.2, 0.25) is 0 Å². The molecule has 0 aromatic heterocycles. The van der Waals surface area contributed by atoms with Crippen molar-refractivity contribution in [3.05, 3.63) is 125 Å². The Bertz CT molecular complexity index is 1870. The number of carbonyl (C=O) groups is 5. The lowest BCUT2D eigenvalue weighted by Crippen LogP contribution is -2.30. The van der Waals surface area contributed by atoms with Crippen LogP contribution in [0.4, 0.5) is 5.69 Å². The summed E-state index contributed by atoms with van der Waals surface area (Å²) in [6, 6.07) is 26.6. The van der Waals surface area contributed by atoms with Gasteiger partial charge in [0.2, 0.25) is 0 Å². The van der Waals surface area contributed by atoms with Crippen LogP contribution >= 0.6 is 0 Å². The number of amides is 1. The van der Waals surface area contributed by atoms with Crippen molar-refractivity contribution < 1.29 is 42.9 Å². The molecule has 0 aliphatic heterocycles. The number of hydrogen-bond donors (Lipinski definition) is 0. The molecule has 1 aliphatic rings. The minimum atomic E-state index is -0.464. The Labute approximate surface area is 290 Å². The molecule has 50 heavy (non-hydrogen) atoms. The molecular weight excluding hydrogens is 638 g/mol. The average Bonchev–Trinajstić information content (AvgIpc) is 3.17. The standard InChI is InChI=1S/C40H37NO9/c1-41(32-18-13-28(14-19-32)38(44)48-3)37(43)27-15-20-33(21-16-27)49-39(45)29-9-11-30(12-10-29)40(46)50-36-24-22-34(47-2)25-31(36)17-23-35(42)26-7-5-4-6-8-26/h4-8,13-25,29-30H,9-12H2,1-3H3/b23-17+. The number of nitrogens with zero attached hydrogens (tertiary/aromatic N) is 1. The quantitative estimate of drug-likeness (QED) is 0.0717. The maximum Gasteiger partial charge on any atom is 0.337 e. The second kappa shape index (κ2) is 16.4. The monoisotopic (exact) mass is 675 g/mol. The highest BCUT2D eigenvalue weighted by Crippen LogP contribution is 2.33. The number of methoxy groups -OCH3 is 2. The third kappa shape index (κ3) is 8.70. The molecule has 10 nitrogen and oxygen atoms in total. The van der Waals surface area contributed by atoms with Gasteiger partial charge in [-0.3, -0.25) is 19.2 Å². The summed E-state index contributed by atoms with van der Waals surface area (Å²) in [6.45, 7) is 0. The maximum absolute atomic E-state index is 13.2. The number of allylic oxidation sites excluding steroid dienone is 1. The molecule has 0 unspecified atom stereocenters. The molecule has 0 atom stereocenters. The van der Waals surface area contributed by atoms with Crippen LogP contribution in [0.3, 0.4) is 0 Å². The summed E-state index contributed by atoms with van der Waals surface area (Å²) >= 11 is 0. The molecule has 0 heterocycles.